The van der Waals surface area contributed by atoms with E-state index < -0.39 is 10.0 Å². The first-order valence-corrected chi connectivity index (χ1v) is 8.37. The van der Waals surface area contributed by atoms with E-state index in [2.05, 4.69) is 30.4 Å². The molecule has 21 heavy (non-hydrogen) atoms. The molecule has 1 rings (SSSR count). The molecular weight excluding hydrogens is 286 g/mol. The minimum Gasteiger partial charge on any atom is -0.313 e. The van der Waals surface area contributed by atoms with Crippen LogP contribution in [-0.4, -0.2) is 37.3 Å². The fourth-order valence-corrected chi connectivity index (χ4v) is 3.06. The molecule has 0 aromatic carbocycles. The van der Waals surface area contributed by atoms with Gasteiger partial charge in [0, 0.05) is 25.8 Å². The zero-order chi connectivity index (χ0) is 15.7. The third-order valence-corrected chi connectivity index (χ3v) is 4.57. The highest BCUT2D eigenvalue weighted by Gasteiger charge is 2.23. The van der Waals surface area contributed by atoms with Gasteiger partial charge in [-0.15, -0.1) is 13.2 Å². The van der Waals surface area contributed by atoms with Crippen LogP contribution in [0.5, 0.6) is 0 Å². The van der Waals surface area contributed by atoms with Crippen molar-refractivity contribution in [3.05, 3.63) is 49.2 Å². The lowest BCUT2D eigenvalue weighted by Gasteiger charge is -2.18. The monoisotopic (exact) mass is 309 g/mol. The van der Waals surface area contributed by atoms with E-state index in [1.54, 1.807) is 24.4 Å². The maximum Gasteiger partial charge on any atom is 0.261 e. The molecule has 116 valence electrons. The molecule has 0 bridgehead atoms. The van der Waals surface area contributed by atoms with E-state index in [0.717, 1.165) is 18.5 Å². The zero-order valence-electron chi connectivity index (χ0n) is 12.5. The van der Waals surface area contributed by atoms with Crippen LogP contribution in [0.1, 0.15) is 18.9 Å². The van der Waals surface area contributed by atoms with Gasteiger partial charge >= 0.3 is 0 Å². The van der Waals surface area contributed by atoms with Gasteiger partial charge in [0.05, 0.1) is 0 Å². The van der Waals surface area contributed by atoms with Crippen molar-refractivity contribution in [3.8, 4) is 0 Å². The Labute approximate surface area is 127 Å². The third-order valence-electron chi connectivity index (χ3n) is 2.82. The summed E-state index contributed by atoms with van der Waals surface area (Å²) >= 11 is 0. The molecule has 6 heteroatoms. The third kappa shape index (κ3) is 5.08. The fraction of sp³-hybridized carbons (Fsp3) is 0.400. The smallest absolute Gasteiger partial charge is 0.261 e. The number of hydrogen-bond acceptors (Lipinski definition) is 4. The van der Waals surface area contributed by atoms with Crippen LogP contribution in [0.2, 0.25) is 0 Å². The topological polar surface area (TPSA) is 62.3 Å². The van der Waals surface area contributed by atoms with Crippen molar-refractivity contribution < 1.29 is 8.42 Å². The van der Waals surface area contributed by atoms with E-state index in [1.165, 1.54) is 10.4 Å². The van der Waals surface area contributed by atoms with Crippen molar-refractivity contribution in [3.63, 3.8) is 0 Å². The number of sulfonamides is 1. The van der Waals surface area contributed by atoms with Crippen LogP contribution in [0.4, 0.5) is 0 Å². The lowest BCUT2D eigenvalue weighted by Crippen LogP contribution is -2.32. The standard InChI is InChI=1S/C15H23N3O2S/c1-4-9-16-12-14-7-8-15(17-13-14)21(19,20)18(10-5-2)11-6-3/h5-8,13,16H,2-4,9-12H2,1H3. The second kappa shape index (κ2) is 8.71. The molecule has 1 heterocycles. The van der Waals surface area contributed by atoms with E-state index in [-0.39, 0.29) is 18.1 Å². The normalized spacial score (nSPS) is 11.5. The summed E-state index contributed by atoms with van der Waals surface area (Å²) in [5.41, 5.74) is 0.960. The zero-order valence-corrected chi connectivity index (χ0v) is 13.3. The summed E-state index contributed by atoms with van der Waals surface area (Å²) in [6.45, 7) is 11.3. The highest BCUT2D eigenvalue weighted by atomic mass is 32.2. The van der Waals surface area contributed by atoms with Gasteiger partial charge in [-0.2, -0.15) is 4.31 Å². The molecule has 0 amide bonds. The Morgan fingerprint density at radius 3 is 2.43 bits per heavy atom. The summed E-state index contributed by atoms with van der Waals surface area (Å²) in [5.74, 6) is 0. The lowest BCUT2D eigenvalue weighted by atomic mass is 10.3. The summed E-state index contributed by atoms with van der Waals surface area (Å²) in [7, 11) is -3.61. The van der Waals surface area contributed by atoms with Crippen LogP contribution >= 0.6 is 0 Å². The number of aromatic nitrogens is 1. The SMILES string of the molecule is C=CCN(CC=C)S(=O)(=O)c1ccc(CNCCC)cn1. The molecule has 0 atom stereocenters. The van der Waals surface area contributed by atoms with E-state index in [0.29, 0.717) is 6.54 Å². The number of pyridine rings is 1. The van der Waals surface area contributed by atoms with Gasteiger partial charge in [0.2, 0.25) is 0 Å². The van der Waals surface area contributed by atoms with Crippen molar-refractivity contribution in [2.75, 3.05) is 19.6 Å². The Morgan fingerprint density at radius 2 is 1.95 bits per heavy atom. The summed E-state index contributed by atoms with van der Waals surface area (Å²) in [6, 6.07) is 3.32. The van der Waals surface area contributed by atoms with Crippen molar-refractivity contribution in [1.29, 1.82) is 0 Å². The first-order valence-electron chi connectivity index (χ1n) is 6.93. The van der Waals surface area contributed by atoms with Gasteiger partial charge < -0.3 is 5.32 Å². The van der Waals surface area contributed by atoms with Crippen LogP contribution in [0.3, 0.4) is 0 Å². The van der Waals surface area contributed by atoms with Gasteiger partial charge in [-0.3, -0.25) is 0 Å². The van der Waals surface area contributed by atoms with Gasteiger partial charge in [0.25, 0.3) is 10.0 Å². The van der Waals surface area contributed by atoms with Crippen molar-refractivity contribution in [2.24, 2.45) is 0 Å². The first kappa shape index (κ1) is 17.6. The molecule has 0 fully saturated rings. The average Bonchev–Trinajstić information content (AvgIpc) is 2.48. The molecule has 0 radical (unpaired) electrons. The predicted molar refractivity (Wildman–Crippen MR) is 85.4 cm³/mol. The molecule has 0 aliphatic heterocycles. The number of hydrogen-bond donors (Lipinski definition) is 1. The number of nitrogens with one attached hydrogen (secondary N) is 1. The van der Waals surface area contributed by atoms with Crippen LogP contribution in [0.25, 0.3) is 0 Å². The molecule has 1 aromatic rings. The summed E-state index contributed by atoms with van der Waals surface area (Å²) < 4.78 is 26.2. The Balaban J connectivity index is 2.87. The quantitative estimate of drug-likeness (QED) is 0.530. The maximum absolute atomic E-state index is 12.4. The lowest BCUT2D eigenvalue weighted by molar-refractivity contribution is 0.471. The molecule has 0 aliphatic rings. The van der Waals surface area contributed by atoms with Crippen LogP contribution in [0, 0.1) is 0 Å². The molecule has 0 aliphatic carbocycles. The fourth-order valence-electron chi connectivity index (χ4n) is 1.77. The van der Waals surface area contributed by atoms with Gasteiger partial charge in [-0.05, 0) is 24.6 Å². The molecular formula is C15H23N3O2S. The van der Waals surface area contributed by atoms with E-state index >= 15 is 0 Å². The molecule has 1 N–H and O–H groups in total. The van der Waals surface area contributed by atoms with Gasteiger partial charge in [-0.25, -0.2) is 13.4 Å². The minimum atomic E-state index is -3.61. The Bertz CT molecular complexity index is 543. The van der Waals surface area contributed by atoms with Crippen molar-refractivity contribution in [1.82, 2.24) is 14.6 Å². The van der Waals surface area contributed by atoms with Crippen LogP contribution < -0.4 is 5.32 Å². The summed E-state index contributed by atoms with van der Waals surface area (Å²) in [4.78, 5) is 4.08. The largest absolute Gasteiger partial charge is 0.313 e. The molecule has 0 unspecified atom stereocenters. The molecule has 0 saturated carbocycles. The van der Waals surface area contributed by atoms with Crippen molar-refractivity contribution in [2.45, 2.75) is 24.9 Å². The van der Waals surface area contributed by atoms with E-state index in [9.17, 15) is 8.42 Å². The van der Waals surface area contributed by atoms with Gasteiger partial charge in [0.1, 0.15) is 0 Å². The Morgan fingerprint density at radius 1 is 1.29 bits per heavy atom. The number of nitrogens with zero attached hydrogens (tertiary/aromatic N) is 2. The highest BCUT2D eigenvalue weighted by Crippen LogP contribution is 2.13. The van der Waals surface area contributed by atoms with E-state index in [4.69, 9.17) is 0 Å². The maximum atomic E-state index is 12.4. The summed E-state index contributed by atoms with van der Waals surface area (Å²) in [6.07, 6.45) is 5.74. The van der Waals surface area contributed by atoms with Crippen LogP contribution in [0.15, 0.2) is 48.7 Å². The molecule has 0 saturated heterocycles. The van der Waals surface area contributed by atoms with Gasteiger partial charge in [-0.1, -0.05) is 25.1 Å². The minimum absolute atomic E-state index is 0.0467. The van der Waals surface area contributed by atoms with Crippen LogP contribution in [-0.2, 0) is 16.6 Å². The second-order valence-electron chi connectivity index (χ2n) is 4.58. The highest BCUT2D eigenvalue weighted by molar-refractivity contribution is 7.89. The molecule has 1 aromatic heterocycles. The second-order valence-corrected chi connectivity index (χ2v) is 6.47. The molecule has 0 spiro atoms. The summed E-state index contributed by atoms with van der Waals surface area (Å²) in [5, 5.41) is 3.29. The van der Waals surface area contributed by atoms with E-state index in [1.807, 2.05) is 0 Å². The van der Waals surface area contributed by atoms with Crippen molar-refractivity contribution >= 4 is 10.0 Å². The Kier molecular flexibility index (Phi) is 7.28. The Hall–Kier alpha value is -1.50. The number of rotatable bonds is 10. The predicted octanol–water partition coefficient (Wildman–Crippen LogP) is 1.94. The molecule has 5 nitrogen and oxygen atoms in total. The first-order chi connectivity index (χ1) is 10.1. The average molecular weight is 309 g/mol. The van der Waals surface area contributed by atoms with Gasteiger partial charge in [0.15, 0.2) is 5.03 Å².